The molecule has 1 atom stereocenters. The predicted molar refractivity (Wildman–Crippen MR) is 147 cm³/mol. The molecule has 38 heavy (non-hydrogen) atoms. The van der Waals surface area contributed by atoms with Crippen LogP contribution >= 0.6 is 11.6 Å². The molecule has 0 aliphatic carbocycles. The molecule has 1 N–H and O–H groups in total. The molecular weight excluding hydrogens is 500 g/mol. The summed E-state index contributed by atoms with van der Waals surface area (Å²) in [6.45, 7) is 2.41. The molecule has 5 rings (SSSR count). The molecule has 7 heteroatoms. The molecule has 4 aromatic rings. The lowest BCUT2D eigenvalue weighted by atomic mass is 10.0. The average molecular weight is 527 g/mol. The van der Waals surface area contributed by atoms with Gasteiger partial charge in [0.1, 0.15) is 6.04 Å². The number of carbonyl (C=O) groups excluding carboxylic acids is 2. The molecule has 0 fully saturated rings. The Labute approximate surface area is 226 Å². The number of aryl methyl sites for hydroxylation is 1. The highest BCUT2D eigenvalue weighted by Crippen LogP contribution is 2.35. The fourth-order valence-electron chi connectivity index (χ4n) is 4.39. The number of carbonyl (C=O) groups is 2. The minimum Gasteiger partial charge on any atom is -0.454 e. The minimum atomic E-state index is -0.907. The van der Waals surface area contributed by atoms with E-state index in [1.165, 1.54) is 0 Å². The Morgan fingerprint density at radius 1 is 0.868 bits per heavy atom. The van der Waals surface area contributed by atoms with E-state index in [-0.39, 0.29) is 31.6 Å². The van der Waals surface area contributed by atoms with Crippen LogP contribution in [0.2, 0.25) is 5.02 Å². The van der Waals surface area contributed by atoms with Crippen LogP contribution in [0.15, 0.2) is 97.1 Å². The molecular formula is C31H27ClN2O4. The van der Waals surface area contributed by atoms with Crippen LogP contribution in [0.4, 0.5) is 5.69 Å². The van der Waals surface area contributed by atoms with E-state index in [0.717, 1.165) is 16.7 Å². The molecule has 1 aliphatic heterocycles. The van der Waals surface area contributed by atoms with Crippen molar-refractivity contribution in [3.05, 3.63) is 124 Å². The fraction of sp³-hybridized carbons (Fsp3) is 0.161. The van der Waals surface area contributed by atoms with Gasteiger partial charge in [0.2, 0.25) is 12.7 Å². The third-order valence-corrected chi connectivity index (χ3v) is 6.63. The first-order valence-electron chi connectivity index (χ1n) is 12.3. The van der Waals surface area contributed by atoms with Gasteiger partial charge in [0.05, 0.1) is 6.42 Å². The summed E-state index contributed by atoms with van der Waals surface area (Å²) in [6, 6.07) is 28.8. The lowest BCUT2D eigenvalue weighted by Crippen LogP contribution is -2.41. The Morgan fingerprint density at radius 3 is 2.32 bits per heavy atom. The smallest absolute Gasteiger partial charge is 0.251 e. The number of nitrogens with one attached hydrogen (secondary N) is 1. The average Bonchev–Trinajstić information content (AvgIpc) is 3.39. The van der Waals surface area contributed by atoms with Crippen LogP contribution in [0.1, 0.15) is 28.3 Å². The highest BCUT2D eigenvalue weighted by atomic mass is 35.5. The Balaban J connectivity index is 1.51. The molecule has 6 nitrogen and oxygen atoms in total. The highest BCUT2D eigenvalue weighted by Gasteiger charge is 2.32. The van der Waals surface area contributed by atoms with Crippen LogP contribution in [0.25, 0.3) is 0 Å². The zero-order chi connectivity index (χ0) is 26.5. The third kappa shape index (κ3) is 5.98. The van der Waals surface area contributed by atoms with Crippen molar-refractivity contribution >= 4 is 29.1 Å². The van der Waals surface area contributed by atoms with Crippen molar-refractivity contribution in [1.82, 2.24) is 4.90 Å². The van der Waals surface area contributed by atoms with Crippen molar-refractivity contribution in [3.8, 4) is 11.5 Å². The Morgan fingerprint density at radius 2 is 1.58 bits per heavy atom. The van der Waals surface area contributed by atoms with Crippen molar-refractivity contribution in [3.63, 3.8) is 0 Å². The van der Waals surface area contributed by atoms with Gasteiger partial charge in [-0.2, -0.15) is 0 Å². The topological polar surface area (TPSA) is 67.9 Å². The molecule has 4 aromatic carbocycles. The fourth-order valence-corrected chi connectivity index (χ4v) is 4.51. The highest BCUT2D eigenvalue weighted by molar-refractivity contribution is 6.30. The van der Waals surface area contributed by atoms with Crippen LogP contribution in [-0.4, -0.2) is 23.5 Å². The molecule has 1 unspecified atom stereocenters. The maximum absolute atomic E-state index is 13.9. The quantitative estimate of drug-likeness (QED) is 0.291. The van der Waals surface area contributed by atoms with Crippen molar-refractivity contribution in [2.45, 2.75) is 25.9 Å². The van der Waals surface area contributed by atoms with E-state index in [0.29, 0.717) is 27.8 Å². The van der Waals surface area contributed by atoms with Crippen LogP contribution in [0.5, 0.6) is 11.5 Å². The number of benzene rings is 4. The third-order valence-electron chi connectivity index (χ3n) is 6.38. The number of rotatable bonds is 8. The van der Waals surface area contributed by atoms with Gasteiger partial charge in [-0.1, -0.05) is 83.9 Å². The molecule has 2 amide bonds. The minimum absolute atomic E-state index is 0.137. The van der Waals surface area contributed by atoms with Gasteiger partial charge in [-0.05, 0) is 47.9 Å². The molecule has 0 saturated heterocycles. The van der Waals surface area contributed by atoms with Gasteiger partial charge in [0, 0.05) is 23.3 Å². The molecule has 192 valence electrons. The Bertz CT molecular complexity index is 1420. The van der Waals surface area contributed by atoms with E-state index < -0.39 is 6.04 Å². The lowest BCUT2D eigenvalue weighted by molar-refractivity contribution is -0.139. The maximum Gasteiger partial charge on any atom is 0.251 e. The summed E-state index contributed by atoms with van der Waals surface area (Å²) in [5.41, 5.74) is 4.11. The van der Waals surface area contributed by atoms with Crippen molar-refractivity contribution in [2.24, 2.45) is 0 Å². The van der Waals surface area contributed by atoms with E-state index in [4.69, 9.17) is 21.1 Å². The number of halogens is 1. The normalized spacial score (nSPS) is 12.6. The second kappa shape index (κ2) is 11.4. The first-order valence-corrected chi connectivity index (χ1v) is 12.7. The van der Waals surface area contributed by atoms with Crippen molar-refractivity contribution in [2.75, 3.05) is 12.1 Å². The van der Waals surface area contributed by atoms with E-state index in [1.807, 2.05) is 61.5 Å². The zero-order valence-corrected chi connectivity index (χ0v) is 21.7. The Kier molecular flexibility index (Phi) is 7.61. The summed E-state index contributed by atoms with van der Waals surface area (Å²) in [4.78, 5) is 29.4. The molecule has 0 bridgehead atoms. The van der Waals surface area contributed by atoms with Crippen molar-refractivity contribution < 1.29 is 19.1 Å². The van der Waals surface area contributed by atoms with E-state index in [2.05, 4.69) is 5.32 Å². The van der Waals surface area contributed by atoms with Crippen LogP contribution in [0, 0.1) is 6.92 Å². The standard InChI is InChI=1S/C31H27ClN2O4/c1-21-7-9-23(10-8-21)19-34(29(35)17-22-5-3-2-4-6-22)30(24-11-13-25(32)14-12-24)31(36)33-26-15-16-27-28(18-26)38-20-37-27/h2-16,18,30H,17,19-20H2,1H3,(H,33,36). The lowest BCUT2D eigenvalue weighted by Gasteiger charge is -2.32. The van der Waals surface area contributed by atoms with Gasteiger partial charge in [-0.15, -0.1) is 0 Å². The monoisotopic (exact) mass is 526 g/mol. The SMILES string of the molecule is Cc1ccc(CN(C(=O)Cc2ccccc2)C(C(=O)Nc2ccc3c(c2)OCO3)c2ccc(Cl)cc2)cc1. The van der Waals surface area contributed by atoms with E-state index in [1.54, 1.807) is 47.4 Å². The summed E-state index contributed by atoms with van der Waals surface area (Å²) in [7, 11) is 0. The second-order valence-electron chi connectivity index (χ2n) is 9.18. The number of nitrogens with zero attached hydrogens (tertiary/aromatic N) is 1. The van der Waals surface area contributed by atoms with Crippen LogP contribution < -0.4 is 14.8 Å². The first-order chi connectivity index (χ1) is 18.5. The number of hydrogen-bond donors (Lipinski definition) is 1. The first kappa shape index (κ1) is 25.4. The molecule has 1 aliphatic rings. The van der Waals surface area contributed by atoms with Gasteiger partial charge in [0.15, 0.2) is 11.5 Å². The molecule has 0 aromatic heterocycles. The number of anilines is 1. The summed E-state index contributed by atoms with van der Waals surface area (Å²) in [5, 5.41) is 3.52. The summed E-state index contributed by atoms with van der Waals surface area (Å²) >= 11 is 6.17. The number of amides is 2. The number of fused-ring (bicyclic) bond motifs is 1. The summed E-state index contributed by atoms with van der Waals surface area (Å²) in [5.74, 6) is 0.663. The summed E-state index contributed by atoms with van der Waals surface area (Å²) < 4.78 is 10.9. The largest absolute Gasteiger partial charge is 0.454 e. The van der Waals surface area contributed by atoms with Gasteiger partial charge in [-0.25, -0.2) is 0 Å². The Hall–Kier alpha value is -4.29. The van der Waals surface area contributed by atoms with E-state index in [9.17, 15) is 9.59 Å². The zero-order valence-electron chi connectivity index (χ0n) is 20.9. The van der Waals surface area contributed by atoms with Gasteiger partial charge in [-0.3, -0.25) is 9.59 Å². The predicted octanol–water partition coefficient (Wildman–Crippen LogP) is 6.33. The van der Waals surface area contributed by atoms with Crippen LogP contribution in [-0.2, 0) is 22.6 Å². The second-order valence-corrected chi connectivity index (χ2v) is 9.62. The van der Waals surface area contributed by atoms with Crippen LogP contribution in [0.3, 0.4) is 0 Å². The molecule has 1 heterocycles. The molecule has 0 saturated carbocycles. The van der Waals surface area contributed by atoms with Gasteiger partial charge >= 0.3 is 0 Å². The summed E-state index contributed by atoms with van der Waals surface area (Å²) in [6.07, 6.45) is 0.161. The molecule has 0 spiro atoms. The number of hydrogen-bond acceptors (Lipinski definition) is 4. The maximum atomic E-state index is 13.9. The van der Waals surface area contributed by atoms with Crippen molar-refractivity contribution in [1.29, 1.82) is 0 Å². The van der Waals surface area contributed by atoms with Gasteiger partial charge in [0.25, 0.3) is 5.91 Å². The van der Waals surface area contributed by atoms with E-state index >= 15 is 0 Å². The number of ether oxygens (including phenoxy) is 2. The molecule has 0 radical (unpaired) electrons. The van der Waals surface area contributed by atoms with Gasteiger partial charge < -0.3 is 19.7 Å².